The first kappa shape index (κ1) is 18.9. The second kappa shape index (κ2) is 8.50. The molecule has 0 nitrogen and oxygen atoms in total. The van der Waals surface area contributed by atoms with Crippen molar-refractivity contribution in [2.75, 3.05) is 0 Å². The van der Waals surface area contributed by atoms with E-state index in [1.54, 1.807) is 0 Å². The van der Waals surface area contributed by atoms with E-state index < -0.39 is 0 Å². The van der Waals surface area contributed by atoms with E-state index in [9.17, 15) is 0 Å². The van der Waals surface area contributed by atoms with Gasteiger partial charge in [-0.05, 0) is 6.42 Å². The number of allylic oxidation sites excluding steroid dienone is 4. The molecular weight excluding hydrogens is 360 g/mol. The maximum absolute atomic E-state index is 3.06. The fourth-order valence-electron chi connectivity index (χ4n) is 2.91. The standard InChI is InChI=1S/C18H13.2CH3.Si.Zr/c1-2-7-13(6-1)15-10-5-11-17-16-9-4-3-8-14(16)12-18(15)17;;;;/h1-6,8-12H,7H2;2*1H3;;/q3*-1;;. The minimum absolute atomic E-state index is 0. The molecule has 2 radical (unpaired) electrons. The molecule has 4 rings (SSSR count). The van der Waals surface area contributed by atoms with Gasteiger partial charge < -0.3 is 14.9 Å². The van der Waals surface area contributed by atoms with Gasteiger partial charge in [0.05, 0.1) is 0 Å². The Labute approximate surface area is 150 Å². The average molecular weight is 379 g/mol. The van der Waals surface area contributed by atoms with Crippen molar-refractivity contribution < 1.29 is 23.3 Å². The van der Waals surface area contributed by atoms with Crippen LogP contribution in [0.1, 0.15) is 12.0 Å². The van der Waals surface area contributed by atoms with Crippen molar-refractivity contribution in [3.05, 3.63) is 87.2 Å². The summed E-state index contributed by atoms with van der Waals surface area (Å²) < 4.78 is 0. The first-order chi connectivity index (χ1) is 9.93. The number of benzene rings is 2. The third kappa shape index (κ3) is 3.29. The van der Waals surface area contributed by atoms with Gasteiger partial charge in [0.25, 0.3) is 0 Å². The first-order valence-electron chi connectivity index (χ1n) is 6.62. The fourth-order valence-corrected chi connectivity index (χ4v) is 2.91. The monoisotopic (exact) mass is 377 g/mol. The molecule has 0 aliphatic heterocycles. The summed E-state index contributed by atoms with van der Waals surface area (Å²) in [7, 11) is 0. The van der Waals surface area contributed by atoms with Crippen molar-refractivity contribution in [1.82, 2.24) is 0 Å². The Hall–Kier alpha value is -1.11. The van der Waals surface area contributed by atoms with E-state index in [4.69, 9.17) is 0 Å². The fraction of sp³-hybridized carbons (Fsp3) is 0.0500. The molecule has 1 aliphatic carbocycles. The molecule has 3 aromatic rings. The van der Waals surface area contributed by atoms with Gasteiger partial charge in [0, 0.05) is 0 Å². The molecule has 0 unspecified atom stereocenters. The van der Waals surface area contributed by atoms with E-state index in [0.717, 1.165) is 6.42 Å². The summed E-state index contributed by atoms with van der Waals surface area (Å²) in [6.45, 7) is 3.06. The minimum atomic E-state index is 0. The normalized spacial score (nSPS) is 12.0. The summed E-state index contributed by atoms with van der Waals surface area (Å²) in [5.74, 6) is 0. The molecule has 22 heavy (non-hydrogen) atoms. The van der Waals surface area contributed by atoms with Crippen molar-refractivity contribution in [2.45, 2.75) is 6.42 Å². The Bertz CT molecular complexity index is 824. The Kier molecular flexibility index (Phi) is 7.32. The van der Waals surface area contributed by atoms with Crippen LogP contribution in [-0.4, -0.2) is 6.88 Å². The number of rotatable bonds is 1. The van der Waals surface area contributed by atoms with Crippen LogP contribution in [0.25, 0.3) is 27.1 Å². The van der Waals surface area contributed by atoms with Crippen LogP contribution in [0.3, 0.4) is 0 Å². The summed E-state index contributed by atoms with van der Waals surface area (Å²) in [6, 6.07) is 17.6. The van der Waals surface area contributed by atoms with Crippen LogP contribution in [0.15, 0.2) is 66.8 Å². The van der Waals surface area contributed by atoms with Gasteiger partial charge in [-0.25, -0.2) is 0 Å². The Morgan fingerprint density at radius 2 is 1.64 bits per heavy atom. The van der Waals surface area contributed by atoms with E-state index in [0.29, 0.717) is 0 Å². The summed E-state index contributed by atoms with van der Waals surface area (Å²) in [5.41, 5.74) is 2.81. The molecule has 0 heterocycles. The van der Waals surface area contributed by atoms with Crippen LogP contribution >= 0.6 is 0 Å². The molecule has 2 heteroatoms. The summed E-state index contributed by atoms with van der Waals surface area (Å²) >= 11 is 1.36. The quantitative estimate of drug-likeness (QED) is 0.383. The molecule has 0 atom stereocenters. The second-order valence-electron chi connectivity index (χ2n) is 4.82. The second-order valence-corrected chi connectivity index (χ2v) is 4.82. The average Bonchev–Trinajstić information content (AvgIpc) is 3.16. The van der Waals surface area contributed by atoms with Crippen LogP contribution in [0.4, 0.5) is 0 Å². The summed E-state index contributed by atoms with van der Waals surface area (Å²) in [6.07, 6.45) is 7.65. The van der Waals surface area contributed by atoms with Crippen LogP contribution in [0.5, 0.6) is 0 Å². The van der Waals surface area contributed by atoms with E-state index in [1.807, 2.05) is 0 Å². The predicted molar refractivity (Wildman–Crippen MR) is 97.4 cm³/mol. The van der Waals surface area contributed by atoms with Crippen molar-refractivity contribution in [3.8, 4) is 0 Å². The van der Waals surface area contributed by atoms with Gasteiger partial charge in [-0.1, -0.05) is 65.8 Å². The topological polar surface area (TPSA) is 0 Å². The summed E-state index contributed by atoms with van der Waals surface area (Å²) in [5, 5.41) is 5.46. The van der Waals surface area contributed by atoms with Gasteiger partial charge in [0.1, 0.15) is 0 Å². The van der Waals surface area contributed by atoms with E-state index in [1.165, 1.54) is 56.0 Å². The number of hydrogen-bond donors (Lipinski definition) is 0. The van der Waals surface area contributed by atoms with Crippen LogP contribution in [-0.2, 0) is 23.3 Å². The molecule has 0 saturated carbocycles. The number of hydrogen-bond acceptors (Lipinski definition) is 0. The van der Waals surface area contributed by atoms with Crippen molar-refractivity contribution in [1.29, 1.82) is 0 Å². The van der Waals surface area contributed by atoms with E-state index in [2.05, 4.69) is 73.6 Å². The zero-order valence-electron chi connectivity index (χ0n) is 13.1. The third-order valence-corrected chi connectivity index (χ3v) is 3.77. The molecule has 0 spiro atoms. The Morgan fingerprint density at radius 1 is 0.909 bits per heavy atom. The maximum atomic E-state index is 3.06. The van der Waals surface area contributed by atoms with E-state index >= 15 is 0 Å². The van der Waals surface area contributed by atoms with E-state index in [-0.39, 0.29) is 14.9 Å². The van der Waals surface area contributed by atoms with Gasteiger partial charge in [0.15, 0.2) is 0 Å². The van der Waals surface area contributed by atoms with Gasteiger partial charge >= 0.3 is 30.2 Å². The molecular formula is C20H19SiZr-3. The van der Waals surface area contributed by atoms with Gasteiger partial charge in [-0.3, -0.25) is 0 Å². The molecule has 0 bridgehead atoms. The molecule has 110 valence electrons. The molecule has 0 N–H and O–H groups in total. The molecule has 0 saturated heterocycles. The summed E-state index contributed by atoms with van der Waals surface area (Å²) in [4.78, 5) is 0. The molecule has 1 aliphatic rings. The number of fused-ring (bicyclic) bond motifs is 3. The van der Waals surface area contributed by atoms with Crippen LogP contribution in [0.2, 0.25) is 0 Å². The van der Waals surface area contributed by atoms with Gasteiger partial charge in [-0.15, -0.1) is 33.7 Å². The van der Waals surface area contributed by atoms with Gasteiger partial charge in [0.2, 0.25) is 0 Å². The SMILES string of the molecule is C1=CCC(c2cccc3c2[cH-]c2ccccc23)=C1.[CH3-].[CH3-].[Si]=[Zr]. The van der Waals surface area contributed by atoms with Crippen molar-refractivity contribution >= 4 is 34.0 Å². The Morgan fingerprint density at radius 3 is 2.36 bits per heavy atom. The zero-order valence-corrected chi connectivity index (χ0v) is 16.5. The molecule has 0 fully saturated rings. The zero-order chi connectivity index (χ0) is 13.9. The molecule has 0 aromatic heterocycles. The first-order valence-corrected chi connectivity index (χ1v) is 10.8. The molecule has 3 aromatic carbocycles. The Balaban J connectivity index is 0.000000583. The predicted octanol–water partition coefficient (Wildman–Crippen LogP) is 5.57. The molecule has 0 amide bonds. The van der Waals surface area contributed by atoms with Crippen molar-refractivity contribution in [2.24, 2.45) is 0 Å². The van der Waals surface area contributed by atoms with Crippen LogP contribution < -0.4 is 0 Å². The van der Waals surface area contributed by atoms with Gasteiger partial charge in [-0.2, -0.15) is 0 Å². The third-order valence-electron chi connectivity index (χ3n) is 3.77. The van der Waals surface area contributed by atoms with Crippen molar-refractivity contribution in [3.63, 3.8) is 0 Å². The van der Waals surface area contributed by atoms with Crippen LogP contribution in [0, 0.1) is 14.9 Å².